The van der Waals surface area contributed by atoms with Crippen molar-refractivity contribution in [2.75, 3.05) is 7.11 Å². The maximum Gasteiger partial charge on any atom is 0.311 e. The average Bonchev–Trinajstić information content (AvgIpc) is 2.97. The van der Waals surface area contributed by atoms with E-state index in [1.165, 1.54) is 7.11 Å². The van der Waals surface area contributed by atoms with Crippen molar-refractivity contribution < 1.29 is 9.53 Å². The molecule has 7 heteroatoms. The number of hydrogen-bond donors (Lipinski definition) is 0. The number of ether oxygens (including phenoxy) is 1. The first kappa shape index (κ1) is 15.4. The molecule has 118 valence electrons. The van der Waals surface area contributed by atoms with Gasteiger partial charge in [0.15, 0.2) is 5.82 Å². The van der Waals surface area contributed by atoms with E-state index < -0.39 is 5.97 Å². The Morgan fingerprint density at radius 2 is 2.17 bits per heavy atom. The summed E-state index contributed by atoms with van der Waals surface area (Å²) in [7, 11) is 1.33. The first-order chi connectivity index (χ1) is 11.7. The second kappa shape index (κ2) is 6.71. The van der Waals surface area contributed by atoms with Gasteiger partial charge in [0, 0.05) is 6.20 Å². The summed E-state index contributed by atoms with van der Waals surface area (Å²) >= 11 is 0. The van der Waals surface area contributed by atoms with Crippen LogP contribution in [-0.2, 0) is 16.0 Å². The highest BCUT2D eigenvalue weighted by Gasteiger charge is 2.15. The zero-order valence-electron chi connectivity index (χ0n) is 12.9. The Morgan fingerprint density at radius 1 is 1.29 bits per heavy atom. The van der Waals surface area contributed by atoms with Crippen LogP contribution in [0.5, 0.6) is 0 Å². The van der Waals surface area contributed by atoms with Crippen LogP contribution in [0.15, 0.2) is 58.9 Å². The van der Waals surface area contributed by atoms with Crippen molar-refractivity contribution in [1.82, 2.24) is 9.38 Å². The molecule has 0 spiro atoms. The first-order valence-electron chi connectivity index (χ1n) is 7.16. The van der Waals surface area contributed by atoms with Crippen LogP contribution in [0.1, 0.15) is 11.3 Å². The summed E-state index contributed by atoms with van der Waals surface area (Å²) in [6.45, 7) is 0. The van der Waals surface area contributed by atoms with E-state index in [1.54, 1.807) is 34.9 Å². The first-order valence-corrected chi connectivity index (χ1v) is 7.16. The molecule has 2 heterocycles. The van der Waals surface area contributed by atoms with Crippen molar-refractivity contribution >= 4 is 23.1 Å². The van der Waals surface area contributed by atoms with Crippen LogP contribution in [-0.4, -0.2) is 22.5 Å². The number of nitrogens with zero attached hydrogens (tertiary/aromatic N) is 5. The number of carbonyl (C=O) groups excluding carboxylic acids is 1. The Hall–Kier alpha value is -3.53. The third-order valence-electron chi connectivity index (χ3n) is 3.35. The van der Waals surface area contributed by atoms with Gasteiger partial charge in [0.1, 0.15) is 5.65 Å². The zero-order chi connectivity index (χ0) is 16.9. The van der Waals surface area contributed by atoms with Crippen molar-refractivity contribution in [1.29, 1.82) is 5.26 Å². The van der Waals surface area contributed by atoms with Crippen molar-refractivity contribution in [2.24, 2.45) is 10.2 Å². The maximum atomic E-state index is 11.6. The molecule has 24 heavy (non-hydrogen) atoms. The summed E-state index contributed by atoms with van der Waals surface area (Å²) in [5, 5.41) is 17.3. The maximum absolute atomic E-state index is 11.6. The molecule has 0 aliphatic rings. The number of benzene rings is 1. The number of methoxy groups -OCH3 is 1. The fraction of sp³-hybridized carbons (Fsp3) is 0.118. The van der Waals surface area contributed by atoms with Crippen molar-refractivity contribution in [2.45, 2.75) is 6.42 Å². The van der Waals surface area contributed by atoms with E-state index in [2.05, 4.69) is 21.3 Å². The number of hydrogen-bond acceptors (Lipinski definition) is 6. The number of nitriles is 1. The lowest BCUT2D eigenvalue weighted by atomic mass is 10.2. The van der Waals surface area contributed by atoms with E-state index in [0.29, 0.717) is 28.4 Å². The van der Waals surface area contributed by atoms with Crippen LogP contribution in [0.3, 0.4) is 0 Å². The van der Waals surface area contributed by atoms with Crippen LogP contribution in [0, 0.1) is 11.3 Å². The lowest BCUT2D eigenvalue weighted by Crippen LogP contribution is -2.04. The van der Waals surface area contributed by atoms with Gasteiger partial charge in [-0.2, -0.15) is 5.26 Å². The fourth-order valence-corrected chi connectivity index (χ4v) is 2.21. The Labute approximate surface area is 137 Å². The van der Waals surface area contributed by atoms with E-state index in [9.17, 15) is 4.79 Å². The van der Waals surface area contributed by atoms with Gasteiger partial charge in [0.05, 0.1) is 36.5 Å². The van der Waals surface area contributed by atoms with Gasteiger partial charge in [0.25, 0.3) is 0 Å². The number of azo groups is 1. The monoisotopic (exact) mass is 319 g/mol. The highest BCUT2D eigenvalue weighted by Crippen LogP contribution is 2.25. The minimum absolute atomic E-state index is 0.00473. The Kier molecular flexibility index (Phi) is 4.29. The second-order valence-electron chi connectivity index (χ2n) is 4.93. The molecule has 7 nitrogen and oxygen atoms in total. The highest BCUT2D eigenvalue weighted by atomic mass is 16.5. The summed E-state index contributed by atoms with van der Waals surface area (Å²) in [6.07, 6.45) is 1.80. The molecule has 3 rings (SSSR count). The predicted molar refractivity (Wildman–Crippen MR) is 86.2 cm³/mol. The highest BCUT2D eigenvalue weighted by molar-refractivity contribution is 5.74. The summed E-state index contributed by atoms with van der Waals surface area (Å²) in [6, 6.07) is 14.4. The van der Waals surface area contributed by atoms with Gasteiger partial charge in [0.2, 0.25) is 0 Å². The SMILES string of the molecule is COC(=O)Cc1nc2ccccn2c1N=Nc1cccc(C#N)c1. The van der Waals surface area contributed by atoms with Gasteiger partial charge >= 0.3 is 5.97 Å². The number of aromatic nitrogens is 2. The number of carbonyl (C=O) groups is 1. The molecule has 0 N–H and O–H groups in total. The Bertz CT molecular complexity index is 969. The molecule has 2 aromatic heterocycles. The van der Waals surface area contributed by atoms with E-state index in [0.717, 1.165) is 0 Å². The number of rotatable bonds is 4. The minimum atomic E-state index is -0.402. The summed E-state index contributed by atoms with van der Waals surface area (Å²) < 4.78 is 6.45. The molecule has 0 aliphatic carbocycles. The molecule has 1 aromatic carbocycles. The molecule has 0 atom stereocenters. The Morgan fingerprint density at radius 3 is 2.96 bits per heavy atom. The van der Waals surface area contributed by atoms with Crippen LogP contribution < -0.4 is 0 Å². The quantitative estimate of drug-likeness (QED) is 0.544. The van der Waals surface area contributed by atoms with Crippen molar-refractivity contribution in [3.8, 4) is 6.07 Å². The normalized spacial score (nSPS) is 10.8. The molecular formula is C17H13N5O2. The van der Waals surface area contributed by atoms with Crippen LogP contribution >= 0.6 is 0 Å². The van der Waals surface area contributed by atoms with Gasteiger partial charge in [-0.1, -0.05) is 12.1 Å². The number of pyridine rings is 1. The molecule has 0 radical (unpaired) electrons. The third kappa shape index (κ3) is 3.13. The molecule has 0 unspecified atom stereocenters. The lowest BCUT2D eigenvalue weighted by molar-refractivity contribution is -0.139. The molecule has 0 bridgehead atoms. The molecule has 3 aromatic rings. The lowest BCUT2D eigenvalue weighted by Gasteiger charge is -1.99. The standard InChI is InChI=1S/C17H13N5O2/c1-24-16(23)10-14-17(22-8-3-2-7-15(22)19-14)21-20-13-6-4-5-12(9-13)11-18/h2-9H,10H2,1H3. The minimum Gasteiger partial charge on any atom is -0.469 e. The van der Waals surface area contributed by atoms with E-state index in [-0.39, 0.29) is 6.42 Å². The summed E-state index contributed by atoms with van der Waals surface area (Å²) in [5.74, 6) is 0.0553. The van der Waals surface area contributed by atoms with Crippen molar-refractivity contribution in [3.63, 3.8) is 0 Å². The van der Waals surface area contributed by atoms with Gasteiger partial charge in [-0.25, -0.2) is 4.98 Å². The summed E-state index contributed by atoms with van der Waals surface area (Å²) in [4.78, 5) is 16.0. The van der Waals surface area contributed by atoms with Gasteiger partial charge in [-0.15, -0.1) is 10.2 Å². The number of fused-ring (bicyclic) bond motifs is 1. The molecule has 0 saturated heterocycles. The zero-order valence-corrected chi connectivity index (χ0v) is 12.9. The second-order valence-corrected chi connectivity index (χ2v) is 4.93. The topological polar surface area (TPSA) is 92.1 Å². The molecular weight excluding hydrogens is 306 g/mol. The fourth-order valence-electron chi connectivity index (χ4n) is 2.21. The smallest absolute Gasteiger partial charge is 0.311 e. The largest absolute Gasteiger partial charge is 0.469 e. The molecule has 0 fully saturated rings. The van der Waals surface area contributed by atoms with Crippen molar-refractivity contribution in [3.05, 3.63) is 59.9 Å². The predicted octanol–water partition coefficient (Wildman–Crippen LogP) is 3.34. The van der Waals surface area contributed by atoms with E-state index in [4.69, 9.17) is 10.00 Å². The molecule has 0 aliphatic heterocycles. The van der Waals surface area contributed by atoms with Crippen LogP contribution in [0.2, 0.25) is 0 Å². The van der Waals surface area contributed by atoms with Crippen LogP contribution in [0.4, 0.5) is 11.5 Å². The third-order valence-corrected chi connectivity index (χ3v) is 3.35. The molecule has 0 amide bonds. The van der Waals surface area contributed by atoms with Crippen LogP contribution in [0.25, 0.3) is 5.65 Å². The molecule has 0 saturated carbocycles. The summed E-state index contributed by atoms with van der Waals surface area (Å²) in [5.41, 5.74) is 2.19. The van der Waals surface area contributed by atoms with Gasteiger partial charge < -0.3 is 4.74 Å². The van der Waals surface area contributed by atoms with E-state index >= 15 is 0 Å². The number of imidazole rings is 1. The van der Waals surface area contributed by atoms with E-state index in [1.807, 2.05) is 18.2 Å². The van der Waals surface area contributed by atoms with Gasteiger partial charge in [-0.05, 0) is 30.3 Å². The average molecular weight is 319 g/mol. The van der Waals surface area contributed by atoms with Gasteiger partial charge in [-0.3, -0.25) is 9.20 Å². The Balaban J connectivity index is 2.03. The number of esters is 1.